The Balaban J connectivity index is 1.90. The topological polar surface area (TPSA) is 58.2 Å². The number of carbonyl (C=O) groups is 2. The lowest BCUT2D eigenvalue weighted by molar-refractivity contribution is -0.121. The summed E-state index contributed by atoms with van der Waals surface area (Å²) in [6.07, 6.45) is 1.14. The van der Waals surface area contributed by atoms with Crippen molar-refractivity contribution in [3.8, 4) is 0 Å². The highest BCUT2D eigenvalue weighted by Crippen LogP contribution is 2.27. The normalized spacial score (nSPS) is 10.4. The maximum absolute atomic E-state index is 11.8. The molecule has 0 spiro atoms. The van der Waals surface area contributed by atoms with Gasteiger partial charge in [0.05, 0.1) is 0 Å². The van der Waals surface area contributed by atoms with Crippen molar-refractivity contribution < 1.29 is 9.59 Å². The van der Waals surface area contributed by atoms with Gasteiger partial charge >= 0.3 is 0 Å². The number of nitrogens with one attached hydrogen (secondary N) is 2. The third-order valence-electron chi connectivity index (χ3n) is 3.89. The number of carbonyl (C=O) groups excluding carboxylic acids is 2. The second-order valence-electron chi connectivity index (χ2n) is 5.75. The summed E-state index contributed by atoms with van der Waals surface area (Å²) >= 11 is 0. The second-order valence-corrected chi connectivity index (χ2v) is 5.75. The lowest BCUT2D eigenvalue weighted by atomic mass is 9.88. The Morgan fingerprint density at radius 3 is 1.88 bits per heavy atom. The molecule has 0 saturated carbocycles. The van der Waals surface area contributed by atoms with Gasteiger partial charge in [-0.15, -0.1) is 0 Å². The first-order chi connectivity index (χ1) is 11.7. The van der Waals surface area contributed by atoms with Gasteiger partial charge < -0.3 is 10.6 Å². The molecule has 0 fully saturated rings. The summed E-state index contributed by atoms with van der Waals surface area (Å²) in [6.45, 7) is 2.43. The van der Waals surface area contributed by atoms with Crippen LogP contribution >= 0.6 is 0 Å². The predicted molar refractivity (Wildman–Crippen MR) is 95.7 cm³/mol. The number of amides is 2. The summed E-state index contributed by atoms with van der Waals surface area (Å²) in [7, 11) is 0. The molecule has 0 unspecified atom stereocenters. The summed E-state index contributed by atoms with van der Waals surface area (Å²) in [5.41, 5.74) is 2.49. The van der Waals surface area contributed by atoms with E-state index in [2.05, 4.69) is 34.9 Å². The maximum Gasteiger partial charge on any atom is 0.221 e. The molecule has 0 bridgehead atoms. The number of hydrogen-bond donors (Lipinski definition) is 2. The zero-order valence-corrected chi connectivity index (χ0v) is 14.0. The van der Waals surface area contributed by atoms with E-state index >= 15 is 0 Å². The second kappa shape index (κ2) is 9.50. The van der Waals surface area contributed by atoms with Gasteiger partial charge in [0.2, 0.25) is 11.8 Å². The summed E-state index contributed by atoms with van der Waals surface area (Å²) in [6, 6.07) is 20.7. The zero-order chi connectivity index (χ0) is 17.2. The van der Waals surface area contributed by atoms with E-state index < -0.39 is 0 Å². The van der Waals surface area contributed by atoms with Crippen LogP contribution in [0.15, 0.2) is 60.7 Å². The molecule has 4 nitrogen and oxygen atoms in total. The van der Waals surface area contributed by atoms with Crippen molar-refractivity contribution >= 4 is 11.8 Å². The predicted octanol–water partition coefficient (Wildman–Crippen LogP) is 2.85. The molecule has 0 atom stereocenters. The van der Waals surface area contributed by atoms with Crippen molar-refractivity contribution in [2.45, 2.75) is 25.7 Å². The minimum atomic E-state index is -0.115. The van der Waals surface area contributed by atoms with Gasteiger partial charge in [-0.1, -0.05) is 60.7 Å². The van der Waals surface area contributed by atoms with Crippen LogP contribution in [0.5, 0.6) is 0 Å². The van der Waals surface area contributed by atoms with Crippen molar-refractivity contribution in [2.24, 2.45) is 0 Å². The fourth-order valence-electron chi connectivity index (χ4n) is 2.69. The standard InChI is InChI=1S/C20H24N2O2/c1-16(23)21-15-13-20(24)22-14-12-19(17-8-4-2-5-9-17)18-10-6-3-7-11-18/h2-11,19H,12-15H2,1H3,(H,21,23)(H,22,24). The summed E-state index contributed by atoms with van der Waals surface area (Å²) in [4.78, 5) is 22.6. The van der Waals surface area contributed by atoms with Crippen molar-refractivity contribution in [1.82, 2.24) is 10.6 Å². The van der Waals surface area contributed by atoms with E-state index in [-0.39, 0.29) is 17.7 Å². The highest BCUT2D eigenvalue weighted by molar-refractivity contribution is 5.77. The van der Waals surface area contributed by atoms with E-state index in [1.807, 2.05) is 36.4 Å². The first-order valence-corrected chi connectivity index (χ1v) is 8.28. The molecule has 0 heterocycles. The quantitative estimate of drug-likeness (QED) is 0.784. The van der Waals surface area contributed by atoms with Gasteiger partial charge in [-0.2, -0.15) is 0 Å². The molecule has 0 aliphatic heterocycles. The van der Waals surface area contributed by atoms with Crippen LogP contribution in [-0.2, 0) is 9.59 Å². The number of hydrogen-bond acceptors (Lipinski definition) is 2. The maximum atomic E-state index is 11.8. The van der Waals surface area contributed by atoms with Crippen LogP contribution < -0.4 is 10.6 Å². The van der Waals surface area contributed by atoms with Gasteiger partial charge in [0.15, 0.2) is 0 Å². The minimum Gasteiger partial charge on any atom is -0.356 e. The molecule has 2 rings (SSSR count). The molecule has 0 aliphatic rings. The lowest BCUT2D eigenvalue weighted by Crippen LogP contribution is -2.30. The Labute approximate surface area is 143 Å². The van der Waals surface area contributed by atoms with E-state index in [0.717, 1.165) is 6.42 Å². The molecule has 0 radical (unpaired) electrons. The molecule has 2 aromatic rings. The van der Waals surface area contributed by atoms with Gasteiger partial charge in [0.25, 0.3) is 0 Å². The average Bonchev–Trinajstić information content (AvgIpc) is 2.60. The van der Waals surface area contributed by atoms with Crippen molar-refractivity contribution in [3.05, 3.63) is 71.8 Å². The SMILES string of the molecule is CC(=O)NCCC(=O)NCCC(c1ccccc1)c1ccccc1. The van der Waals surface area contributed by atoms with Crippen molar-refractivity contribution in [1.29, 1.82) is 0 Å². The first-order valence-electron chi connectivity index (χ1n) is 8.28. The molecule has 24 heavy (non-hydrogen) atoms. The van der Waals surface area contributed by atoms with Crippen LogP contribution in [0, 0.1) is 0 Å². The highest BCUT2D eigenvalue weighted by atomic mass is 16.2. The molecule has 2 amide bonds. The molecule has 2 aromatic carbocycles. The Morgan fingerprint density at radius 1 is 0.833 bits per heavy atom. The smallest absolute Gasteiger partial charge is 0.221 e. The van der Waals surface area contributed by atoms with Crippen LogP contribution in [0.3, 0.4) is 0 Å². The van der Waals surface area contributed by atoms with Crippen LogP contribution in [0.1, 0.15) is 36.8 Å². The van der Waals surface area contributed by atoms with Gasteiger partial charge in [0, 0.05) is 32.4 Å². The average molecular weight is 324 g/mol. The van der Waals surface area contributed by atoms with E-state index in [0.29, 0.717) is 19.5 Å². The Morgan fingerprint density at radius 2 is 1.38 bits per heavy atom. The monoisotopic (exact) mass is 324 g/mol. The summed E-state index contributed by atoms with van der Waals surface area (Å²) in [5, 5.41) is 5.56. The van der Waals surface area contributed by atoms with Crippen molar-refractivity contribution in [3.63, 3.8) is 0 Å². The molecule has 126 valence electrons. The van der Waals surface area contributed by atoms with Gasteiger partial charge in [-0.05, 0) is 17.5 Å². The highest BCUT2D eigenvalue weighted by Gasteiger charge is 2.14. The fraction of sp³-hybridized carbons (Fsp3) is 0.300. The molecular formula is C20H24N2O2. The molecule has 4 heteroatoms. The molecular weight excluding hydrogens is 300 g/mol. The van der Waals surface area contributed by atoms with Crippen molar-refractivity contribution in [2.75, 3.05) is 13.1 Å². The van der Waals surface area contributed by atoms with E-state index in [4.69, 9.17) is 0 Å². The minimum absolute atomic E-state index is 0.0383. The molecule has 0 aromatic heterocycles. The molecule has 0 aliphatic carbocycles. The zero-order valence-electron chi connectivity index (χ0n) is 14.0. The number of benzene rings is 2. The fourth-order valence-corrected chi connectivity index (χ4v) is 2.69. The van der Waals surface area contributed by atoms with Gasteiger partial charge in [-0.3, -0.25) is 9.59 Å². The van der Waals surface area contributed by atoms with E-state index in [1.165, 1.54) is 18.1 Å². The molecule has 0 saturated heterocycles. The van der Waals surface area contributed by atoms with Crippen LogP contribution in [-0.4, -0.2) is 24.9 Å². The van der Waals surface area contributed by atoms with Crippen LogP contribution in [0.4, 0.5) is 0 Å². The third kappa shape index (κ3) is 5.88. The van der Waals surface area contributed by atoms with Crippen LogP contribution in [0.2, 0.25) is 0 Å². The third-order valence-corrected chi connectivity index (χ3v) is 3.89. The molecule has 2 N–H and O–H groups in total. The number of rotatable bonds is 8. The largest absolute Gasteiger partial charge is 0.356 e. The van der Waals surface area contributed by atoms with E-state index in [9.17, 15) is 9.59 Å². The summed E-state index contributed by atoms with van der Waals surface area (Å²) in [5.74, 6) is 0.0997. The van der Waals surface area contributed by atoms with Gasteiger partial charge in [-0.25, -0.2) is 0 Å². The Hall–Kier alpha value is -2.62. The Kier molecular flexibility index (Phi) is 7.02. The summed E-state index contributed by atoms with van der Waals surface area (Å²) < 4.78 is 0. The van der Waals surface area contributed by atoms with Gasteiger partial charge in [0.1, 0.15) is 0 Å². The Bertz CT molecular complexity index is 602. The first kappa shape index (κ1) is 17.7. The van der Waals surface area contributed by atoms with E-state index in [1.54, 1.807) is 0 Å². The van der Waals surface area contributed by atoms with Crippen LogP contribution in [0.25, 0.3) is 0 Å². The lowest BCUT2D eigenvalue weighted by Gasteiger charge is -2.18.